The number of ether oxygens (including phenoxy) is 1. The lowest BCUT2D eigenvalue weighted by Crippen LogP contribution is -2.35. The van der Waals surface area contributed by atoms with Crippen molar-refractivity contribution in [1.29, 1.82) is 0 Å². The molecular formula is C16H22N2O5S. The number of likely N-dealkylation sites (N-methyl/N-ethyl adjacent to an activating group) is 1. The zero-order valence-corrected chi connectivity index (χ0v) is 15.1. The molecular weight excluding hydrogens is 332 g/mol. The Hall–Kier alpha value is -2.09. The van der Waals surface area contributed by atoms with Gasteiger partial charge in [0, 0.05) is 20.6 Å². The number of carbonyl (C=O) groups excluding carboxylic acids is 2. The van der Waals surface area contributed by atoms with E-state index in [0.717, 1.165) is 5.56 Å². The summed E-state index contributed by atoms with van der Waals surface area (Å²) in [5.74, 6) is -0.901. The lowest BCUT2D eigenvalue weighted by Gasteiger charge is -2.29. The molecule has 24 heavy (non-hydrogen) atoms. The van der Waals surface area contributed by atoms with Crippen molar-refractivity contribution in [1.82, 2.24) is 4.90 Å². The molecule has 0 aliphatic carbocycles. The summed E-state index contributed by atoms with van der Waals surface area (Å²) in [6, 6.07) is 4.78. The molecule has 0 bridgehead atoms. The van der Waals surface area contributed by atoms with Gasteiger partial charge in [-0.05, 0) is 43.5 Å². The molecule has 1 aromatic carbocycles. The molecule has 0 unspecified atom stereocenters. The lowest BCUT2D eigenvalue weighted by atomic mass is 10.0. The van der Waals surface area contributed by atoms with Crippen LogP contribution in [0, 0.1) is 0 Å². The van der Waals surface area contributed by atoms with E-state index in [1.807, 2.05) is 0 Å². The number of aryl methyl sites for hydroxylation is 1. The third-order valence-corrected chi connectivity index (χ3v) is 5.04. The molecule has 1 aromatic rings. The molecule has 0 fully saturated rings. The first-order valence-electron chi connectivity index (χ1n) is 7.64. The Morgan fingerprint density at radius 2 is 1.96 bits per heavy atom. The van der Waals surface area contributed by atoms with Crippen molar-refractivity contribution in [3.8, 4) is 0 Å². The first-order valence-corrected chi connectivity index (χ1v) is 9.49. The number of hydrogen-bond acceptors (Lipinski definition) is 5. The van der Waals surface area contributed by atoms with Crippen LogP contribution in [-0.4, -0.2) is 58.2 Å². The fourth-order valence-electron chi connectivity index (χ4n) is 2.68. The van der Waals surface area contributed by atoms with Gasteiger partial charge in [-0.2, -0.15) is 0 Å². The van der Waals surface area contributed by atoms with Gasteiger partial charge in [-0.15, -0.1) is 0 Å². The number of esters is 1. The number of carbonyl (C=O) groups is 2. The van der Waals surface area contributed by atoms with Crippen molar-refractivity contribution in [3.05, 3.63) is 29.3 Å². The Morgan fingerprint density at radius 3 is 2.54 bits per heavy atom. The highest BCUT2D eigenvalue weighted by molar-refractivity contribution is 7.92. The Kier molecular flexibility index (Phi) is 5.17. The van der Waals surface area contributed by atoms with Gasteiger partial charge in [0.1, 0.15) is 0 Å². The third-order valence-electron chi connectivity index (χ3n) is 3.86. The maximum atomic E-state index is 12.2. The summed E-state index contributed by atoms with van der Waals surface area (Å²) in [5, 5.41) is 0. The van der Waals surface area contributed by atoms with Crippen LogP contribution >= 0.6 is 0 Å². The third kappa shape index (κ3) is 3.87. The van der Waals surface area contributed by atoms with E-state index in [-0.39, 0.29) is 5.91 Å². The van der Waals surface area contributed by atoms with E-state index in [2.05, 4.69) is 0 Å². The molecule has 132 valence electrons. The monoisotopic (exact) mass is 354 g/mol. The van der Waals surface area contributed by atoms with Crippen LogP contribution in [0.25, 0.3) is 0 Å². The number of nitrogens with zero attached hydrogens (tertiary/aromatic N) is 2. The van der Waals surface area contributed by atoms with E-state index >= 15 is 0 Å². The Labute approximate surface area is 142 Å². The SMILES string of the molecule is C[C@@H](OC(=O)c1ccc2c(c1)CCCN2S(C)(=O)=O)C(=O)N(C)C. The number of hydrogen-bond donors (Lipinski definition) is 0. The summed E-state index contributed by atoms with van der Waals surface area (Å²) in [6.45, 7) is 1.95. The molecule has 0 aromatic heterocycles. The van der Waals surface area contributed by atoms with Crippen LogP contribution in [0.4, 0.5) is 5.69 Å². The second-order valence-corrected chi connectivity index (χ2v) is 7.97. The number of amides is 1. The average Bonchev–Trinajstić information content (AvgIpc) is 2.51. The first-order chi connectivity index (χ1) is 11.1. The summed E-state index contributed by atoms with van der Waals surface area (Å²) in [4.78, 5) is 25.3. The number of sulfonamides is 1. The summed E-state index contributed by atoms with van der Waals surface area (Å²) < 4.78 is 30.2. The molecule has 1 aliphatic rings. The number of anilines is 1. The molecule has 2 rings (SSSR count). The zero-order chi connectivity index (χ0) is 18.1. The maximum Gasteiger partial charge on any atom is 0.338 e. The average molecular weight is 354 g/mol. The topological polar surface area (TPSA) is 84.0 Å². The highest BCUT2D eigenvalue weighted by atomic mass is 32.2. The normalized spacial score (nSPS) is 15.4. The van der Waals surface area contributed by atoms with Gasteiger partial charge in [0.2, 0.25) is 10.0 Å². The van der Waals surface area contributed by atoms with Crippen LogP contribution in [0.3, 0.4) is 0 Å². The highest BCUT2D eigenvalue weighted by Gasteiger charge is 2.26. The van der Waals surface area contributed by atoms with Gasteiger partial charge in [0.05, 0.1) is 17.5 Å². The van der Waals surface area contributed by atoms with Crippen molar-refractivity contribution in [2.24, 2.45) is 0 Å². The minimum atomic E-state index is -3.35. The fourth-order valence-corrected chi connectivity index (χ4v) is 3.67. The van der Waals surface area contributed by atoms with Crippen molar-refractivity contribution in [2.45, 2.75) is 25.9 Å². The molecule has 0 N–H and O–H groups in total. The smallest absolute Gasteiger partial charge is 0.338 e. The second kappa shape index (κ2) is 6.80. The lowest BCUT2D eigenvalue weighted by molar-refractivity contribution is -0.137. The Balaban J connectivity index is 2.22. The van der Waals surface area contributed by atoms with Crippen LogP contribution in [0.2, 0.25) is 0 Å². The maximum absolute atomic E-state index is 12.2. The minimum absolute atomic E-state index is 0.301. The largest absolute Gasteiger partial charge is 0.449 e. The number of rotatable bonds is 4. The van der Waals surface area contributed by atoms with E-state index in [0.29, 0.717) is 30.6 Å². The molecule has 1 heterocycles. The Morgan fingerprint density at radius 1 is 1.29 bits per heavy atom. The predicted octanol–water partition coefficient (Wildman–Crippen LogP) is 1.03. The van der Waals surface area contributed by atoms with Gasteiger partial charge in [0.15, 0.2) is 6.10 Å². The predicted molar refractivity (Wildman–Crippen MR) is 90.5 cm³/mol. The van der Waals surface area contributed by atoms with E-state index in [1.165, 1.54) is 28.5 Å². The van der Waals surface area contributed by atoms with Crippen LogP contribution in [0.15, 0.2) is 18.2 Å². The van der Waals surface area contributed by atoms with Crippen LogP contribution in [0.1, 0.15) is 29.3 Å². The van der Waals surface area contributed by atoms with Gasteiger partial charge in [-0.25, -0.2) is 13.2 Å². The summed E-state index contributed by atoms with van der Waals surface area (Å²) >= 11 is 0. The van der Waals surface area contributed by atoms with Crippen LogP contribution < -0.4 is 4.31 Å². The van der Waals surface area contributed by atoms with Crippen LogP contribution in [-0.2, 0) is 26.0 Å². The first kappa shape index (κ1) is 18.3. The van der Waals surface area contributed by atoms with Crippen molar-refractivity contribution >= 4 is 27.6 Å². The van der Waals surface area contributed by atoms with E-state index in [4.69, 9.17) is 4.74 Å². The fraction of sp³-hybridized carbons (Fsp3) is 0.500. The highest BCUT2D eigenvalue weighted by Crippen LogP contribution is 2.30. The minimum Gasteiger partial charge on any atom is -0.449 e. The van der Waals surface area contributed by atoms with Gasteiger partial charge in [-0.1, -0.05) is 0 Å². The summed E-state index contributed by atoms with van der Waals surface area (Å²) in [6.07, 6.45) is 1.66. The van der Waals surface area contributed by atoms with Gasteiger partial charge in [0.25, 0.3) is 5.91 Å². The van der Waals surface area contributed by atoms with Gasteiger partial charge >= 0.3 is 5.97 Å². The van der Waals surface area contributed by atoms with Gasteiger partial charge in [-0.3, -0.25) is 9.10 Å². The molecule has 1 atom stereocenters. The van der Waals surface area contributed by atoms with E-state index in [1.54, 1.807) is 26.2 Å². The Bertz CT molecular complexity index is 758. The van der Waals surface area contributed by atoms with Crippen LogP contribution in [0.5, 0.6) is 0 Å². The summed E-state index contributed by atoms with van der Waals surface area (Å²) in [7, 11) is -0.168. The quantitative estimate of drug-likeness (QED) is 0.754. The molecule has 0 saturated carbocycles. The molecule has 0 spiro atoms. The van der Waals surface area contributed by atoms with Crippen molar-refractivity contribution in [3.63, 3.8) is 0 Å². The molecule has 0 radical (unpaired) electrons. The van der Waals surface area contributed by atoms with Crippen molar-refractivity contribution in [2.75, 3.05) is 31.2 Å². The molecule has 1 amide bonds. The zero-order valence-electron chi connectivity index (χ0n) is 14.3. The van der Waals surface area contributed by atoms with E-state index < -0.39 is 22.1 Å². The van der Waals surface area contributed by atoms with Crippen molar-refractivity contribution < 1.29 is 22.7 Å². The van der Waals surface area contributed by atoms with Gasteiger partial charge < -0.3 is 9.64 Å². The molecule has 1 aliphatic heterocycles. The summed E-state index contributed by atoms with van der Waals surface area (Å²) in [5.41, 5.74) is 1.69. The number of benzene rings is 1. The molecule has 0 saturated heterocycles. The number of fused-ring (bicyclic) bond motifs is 1. The van der Waals surface area contributed by atoms with E-state index in [9.17, 15) is 18.0 Å². The molecule has 8 heteroatoms. The standard InChI is InChI=1S/C16H22N2O5S/c1-11(15(19)17(2)3)23-16(20)13-7-8-14-12(10-13)6-5-9-18(14)24(4,21)22/h7-8,10-11H,5-6,9H2,1-4H3/t11-/m1/s1. The second-order valence-electron chi connectivity index (χ2n) is 6.06. The molecule has 7 nitrogen and oxygen atoms in total.